The van der Waals surface area contributed by atoms with E-state index in [0.717, 1.165) is 12.0 Å². The minimum Gasteiger partial charge on any atom is -0.444 e. The van der Waals surface area contributed by atoms with Gasteiger partial charge in [-0.3, -0.25) is 4.98 Å². The summed E-state index contributed by atoms with van der Waals surface area (Å²) in [6, 6.07) is 4.34. The third-order valence-corrected chi connectivity index (χ3v) is 3.32. The molecule has 0 bridgehead atoms. The highest BCUT2D eigenvalue weighted by Crippen LogP contribution is 2.14. The monoisotopic (exact) mass is 321 g/mol. The number of amides is 1. The number of hydrogen-bond acceptors (Lipinski definition) is 4. The van der Waals surface area contributed by atoms with Crippen LogP contribution in [-0.2, 0) is 4.74 Å². The Morgan fingerprint density at radius 2 is 2.00 bits per heavy atom. The summed E-state index contributed by atoms with van der Waals surface area (Å²) in [7, 11) is 0. The van der Waals surface area contributed by atoms with Crippen molar-refractivity contribution in [1.82, 2.24) is 15.6 Å². The molecule has 0 fully saturated rings. The average molecular weight is 321 g/mol. The predicted octanol–water partition coefficient (Wildman–Crippen LogP) is 3.67. The lowest BCUT2D eigenvalue weighted by Gasteiger charge is -2.26. The lowest BCUT2D eigenvalue weighted by atomic mass is 10.0. The molecule has 0 aliphatic carbocycles. The van der Waals surface area contributed by atoms with E-state index in [1.165, 1.54) is 0 Å². The van der Waals surface area contributed by atoms with Crippen LogP contribution in [0.1, 0.15) is 59.6 Å². The third-order valence-electron chi connectivity index (χ3n) is 3.32. The van der Waals surface area contributed by atoms with Gasteiger partial charge in [0, 0.05) is 31.0 Å². The van der Waals surface area contributed by atoms with Crippen molar-refractivity contribution >= 4 is 6.09 Å². The van der Waals surface area contributed by atoms with Crippen molar-refractivity contribution in [2.75, 3.05) is 6.54 Å². The molecular formula is C18H31N3O2. The summed E-state index contributed by atoms with van der Waals surface area (Å²) in [6.07, 6.45) is 4.24. The standard InChI is InChI=1S/C18H31N3O2/c1-13(2)10-16(12-20-17(22)23-18(4,5)6)21-14(3)15-8-7-9-19-11-15/h7-9,11,13-14,16,21H,10,12H2,1-6H3,(H,20,22). The van der Waals surface area contributed by atoms with Crippen molar-refractivity contribution in [1.29, 1.82) is 0 Å². The van der Waals surface area contributed by atoms with Crippen LogP contribution in [0, 0.1) is 5.92 Å². The third kappa shape index (κ3) is 8.55. The fourth-order valence-electron chi connectivity index (χ4n) is 2.38. The van der Waals surface area contributed by atoms with Crippen LogP contribution in [0.4, 0.5) is 4.79 Å². The van der Waals surface area contributed by atoms with Gasteiger partial charge in [-0.05, 0) is 51.7 Å². The van der Waals surface area contributed by atoms with Crippen LogP contribution in [0.5, 0.6) is 0 Å². The Bertz CT molecular complexity index is 469. The summed E-state index contributed by atoms with van der Waals surface area (Å²) in [4.78, 5) is 16.0. The summed E-state index contributed by atoms with van der Waals surface area (Å²) >= 11 is 0. The quantitative estimate of drug-likeness (QED) is 0.804. The molecule has 0 spiro atoms. The Labute approximate surface area is 140 Å². The first kappa shape index (κ1) is 19.4. The molecule has 130 valence electrons. The van der Waals surface area contributed by atoms with Gasteiger partial charge < -0.3 is 15.4 Å². The number of nitrogens with one attached hydrogen (secondary N) is 2. The molecule has 2 atom stereocenters. The summed E-state index contributed by atoms with van der Waals surface area (Å²) in [5.41, 5.74) is 0.659. The maximum Gasteiger partial charge on any atom is 0.407 e. The van der Waals surface area contributed by atoms with E-state index < -0.39 is 5.60 Å². The van der Waals surface area contributed by atoms with Crippen molar-refractivity contribution < 1.29 is 9.53 Å². The van der Waals surface area contributed by atoms with Gasteiger partial charge in [0.25, 0.3) is 0 Å². The van der Waals surface area contributed by atoms with Crippen molar-refractivity contribution in [3.63, 3.8) is 0 Å². The molecule has 1 amide bonds. The molecule has 1 rings (SSSR count). The van der Waals surface area contributed by atoms with Crippen LogP contribution < -0.4 is 10.6 Å². The first-order chi connectivity index (χ1) is 10.7. The molecule has 0 saturated heterocycles. The zero-order valence-corrected chi connectivity index (χ0v) is 15.2. The van der Waals surface area contributed by atoms with Gasteiger partial charge in [-0.25, -0.2) is 4.79 Å². The molecule has 2 N–H and O–H groups in total. The Hall–Kier alpha value is -1.62. The topological polar surface area (TPSA) is 63.2 Å². The van der Waals surface area contributed by atoms with Gasteiger partial charge in [0.15, 0.2) is 0 Å². The van der Waals surface area contributed by atoms with Gasteiger partial charge in [-0.2, -0.15) is 0 Å². The molecule has 1 heterocycles. The first-order valence-electron chi connectivity index (χ1n) is 8.30. The number of nitrogens with zero attached hydrogens (tertiary/aromatic N) is 1. The van der Waals surface area contributed by atoms with Crippen molar-refractivity contribution in [2.24, 2.45) is 5.92 Å². The summed E-state index contributed by atoms with van der Waals surface area (Å²) in [5, 5.41) is 6.43. The van der Waals surface area contributed by atoms with Crippen molar-refractivity contribution in [3.05, 3.63) is 30.1 Å². The van der Waals surface area contributed by atoms with Gasteiger partial charge in [0.05, 0.1) is 0 Å². The number of hydrogen-bond donors (Lipinski definition) is 2. The highest BCUT2D eigenvalue weighted by Gasteiger charge is 2.19. The lowest BCUT2D eigenvalue weighted by molar-refractivity contribution is 0.0520. The molecule has 0 saturated carbocycles. The number of alkyl carbamates (subject to hydrolysis) is 1. The zero-order chi connectivity index (χ0) is 17.5. The van der Waals surface area contributed by atoms with Crippen molar-refractivity contribution in [3.8, 4) is 0 Å². The highest BCUT2D eigenvalue weighted by atomic mass is 16.6. The van der Waals surface area contributed by atoms with Crippen LogP contribution >= 0.6 is 0 Å². The van der Waals surface area contributed by atoms with E-state index in [4.69, 9.17) is 4.74 Å². The van der Waals surface area contributed by atoms with Crippen LogP contribution in [-0.4, -0.2) is 29.3 Å². The predicted molar refractivity (Wildman–Crippen MR) is 93.3 cm³/mol. The Kier molecular flexibility index (Phi) is 7.49. The fraction of sp³-hybridized carbons (Fsp3) is 0.667. The summed E-state index contributed by atoms with van der Waals surface area (Å²) in [6.45, 7) is 12.6. The molecular weight excluding hydrogens is 290 g/mol. The SMILES string of the molecule is CC(C)CC(CNC(=O)OC(C)(C)C)NC(C)c1cccnc1. The first-order valence-corrected chi connectivity index (χ1v) is 8.30. The van der Waals surface area contributed by atoms with E-state index in [1.807, 2.05) is 33.0 Å². The summed E-state index contributed by atoms with van der Waals surface area (Å²) < 4.78 is 5.29. The highest BCUT2D eigenvalue weighted by molar-refractivity contribution is 5.67. The Morgan fingerprint density at radius 1 is 1.30 bits per heavy atom. The molecule has 1 aromatic rings. The van der Waals surface area contributed by atoms with Gasteiger partial charge in [0.2, 0.25) is 0 Å². The maximum absolute atomic E-state index is 11.8. The normalized spacial score (nSPS) is 14.4. The number of pyridine rings is 1. The molecule has 0 aliphatic heterocycles. The molecule has 5 nitrogen and oxygen atoms in total. The van der Waals surface area contributed by atoms with Gasteiger partial charge in [0.1, 0.15) is 5.60 Å². The van der Waals surface area contributed by atoms with E-state index in [9.17, 15) is 4.79 Å². The minimum absolute atomic E-state index is 0.174. The number of aromatic nitrogens is 1. The minimum atomic E-state index is -0.478. The second-order valence-corrected chi connectivity index (χ2v) is 7.38. The second kappa shape index (κ2) is 8.87. The molecule has 0 aliphatic rings. The molecule has 0 radical (unpaired) electrons. The van der Waals surface area contributed by atoms with E-state index in [-0.39, 0.29) is 18.2 Å². The van der Waals surface area contributed by atoms with Gasteiger partial charge in [-0.15, -0.1) is 0 Å². The van der Waals surface area contributed by atoms with Crippen LogP contribution in [0.25, 0.3) is 0 Å². The van der Waals surface area contributed by atoms with Crippen LogP contribution in [0.3, 0.4) is 0 Å². The van der Waals surface area contributed by atoms with Gasteiger partial charge in [-0.1, -0.05) is 19.9 Å². The number of ether oxygens (including phenoxy) is 1. The largest absolute Gasteiger partial charge is 0.444 e. The molecule has 5 heteroatoms. The molecule has 23 heavy (non-hydrogen) atoms. The Balaban J connectivity index is 2.57. The second-order valence-electron chi connectivity index (χ2n) is 7.38. The Morgan fingerprint density at radius 3 is 2.52 bits per heavy atom. The van der Waals surface area contributed by atoms with Crippen LogP contribution in [0.2, 0.25) is 0 Å². The van der Waals surface area contributed by atoms with E-state index >= 15 is 0 Å². The van der Waals surface area contributed by atoms with Crippen molar-refractivity contribution in [2.45, 2.75) is 65.6 Å². The zero-order valence-electron chi connectivity index (χ0n) is 15.2. The van der Waals surface area contributed by atoms with E-state index in [0.29, 0.717) is 12.5 Å². The smallest absolute Gasteiger partial charge is 0.407 e. The number of rotatable bonds is 7. The number of carbonyl (C=O) groups is 1. The number of carbonyl (C=O) groups excluding carboxylic acids is 1. The fourth-order valence-corrected chi connectivity index (χ4v) is 2.38. The maximum atomic E-state index is 11.8. The van der Waals surface area contributed by atoms with E-state index in [1.54, 1.807) is 6.20 Å². The average Bonchev–Trinajstić information content (AvgIpc) is 2.43. The van der Waals surface area contributed by atoms with Crippen LogP contribution in [0.15, 0.2) is 24.5 Å². The molecule has 2 unspecified atom stereocenters. The molecule has 1 aromatic heterocycles. The lowest BCUT2D eigenvalue weighted by Crippen LogP contribution is -2.44. The van der Waals surface area contributed by atoms with Gasteiger partial charge >= 0.3 is 6.09 Å². The molecule has 0 aromatic carbocycles. The van der Waals surface area contributed by atoms with E-state index in [2.05, 4.69) is 42.5 Å². The summed E-state index contributed by atoms with van der Waals surface area (Å²) in [5.74, 6) is 0.536.